The van der Waals surface area contributed by atoms with Gasteiger partial charge in [0.2, 0.25) is 10.0 Å². The zero-order valence-corrected chi connectivity index (χ0v) is 15.3. The number of benzene rings is 1. The van der Waals surface area contributed by atoms with Gasteiger partial charge in [-0.3, -0.25) is 4.79 Å². The number of aromatic amines is 1. The van der Waals surface area contributed by atoms with Gasteiger partial charge in [-0.05, 0) is 31.5 Å². The lowest BCUT2D eigenvalue weighted by atomic mass is 10.1. The molecular formula is C17H19N5O3S. The molecular weight excluding hydrogens is 354 g/mol. The summed E-state index contributed by atoms with van der Waals surface area (Å²) in [6, 6.07) is 7.35. The third kappa shape index (κ3) is 2.60. The minimum absolute atomic E-state index is 0.131. The first-order valence-electron chi connectivity index (χ1n) is 8.20. The normalized spacial score (nSPS) is 15.3. The molecule has 0 radical (unpaired) electrons. The van der Waals surface area contributed by atoms with Crippen LogP contribution in [0, 0.1) is 6.92 Å². The summed E-state index contributed by atoms with van der Waals surface area (Å²) in [6.07, 6.45) is 1.60. The predicted molar refractivity (Wildman–Crippen MR) is 98.4 cm³/mol. The Balaban J connectivity index is 1.77. The summed E-state index contributed by atoms with van der Waals surface area (Å²) in [5.41, 5.74) is 9.77. The molecule has 0 fully saturated rings. The van der Waals surface area contributed by atoms with Crippen molar-refractivity contribution >= 4 is 32.7 Å². The van der Waals surface area contributed by atoms with Crippen LogP contribution in [0.15, 0.2) is 24.3 Å². The van der Waals surface area contributed by atoms with Gasteiger partial charge in [-0.25, -0.2) is 8.42 Å². The van der Waals surface area contributed by atoms with Crippen LogP contribution in [-0.2, 0) is 23.0 Å². The van der Waals surface area contributed by atoms with E-state index in [1.54, 1.807) is 12.1 Å². The van der Waals surface area contributed by atoms with Gasteiger partial charge in [0.15, 0.2) is 0 Å². The maximum Gasteiger partial charge on any atom is 0.280 e. The number of rotatable bonds is 2. The Morgan fingerprint density at radius 1 is 1.35 bits per heavy atom. The van der Waals surface area contributed by atoms with Crippen LogP contribution in [0.2, 0.25) is 0 Å². The lowest BCUT2D eigenvalue weighted by Crippen LogP contribution is -2.35. The molecule has 136 valence electrons. The highest BCUT2D eigenvalue weighted by molar-refractivity contribution is 7.88. The molecule has 3 heterocycles. The number of carbonyl (C=O) groups excluding carboxylic acids is 1. The van der Waals surface area contributed by atoms with E-state index in [9.17, 15) is 13.2 Å². The molecule has 0 unspecified atom stereocenters. The Hall–Kier alpha value is -2.65. The van der Waals surface area contributed by atoms with Crippen LogP contribution >= 0.6 is 0 Å². The summed E-state index contributed by atoms with van der Waals surface area (Å²) in [4.78, 5) is 16.3. The largest absolute Gasteiger partial charge is 0.383 e. The van der Waals surface area contributed by atoms with Gasteiger partial charge in [-0.15, -0.1) is 0 Å². The second-order valence-corrected chi connectivity index (χ2v) is 8.58. The van der Waals surface area contributed by atoms with Crippen molar-refractivity contribution in [2.45, 2.75) is 19.9 Å². The standard InChI is InChI=1S/C17H19N5O3S/c1-10-8-13-11(4-3-5-14(13)19-10)17(23)22-16(18)12-6-7-21(26(2,24)25)9-15(12)20-22/h3-5,8,19H,6-7,9,18H2,1-2H3. The number of hydrogen-bond donors (Lipinski definition) is 2. The molecule has 0 saturated heterocycles. The van der Waals surface area contributed by atoms with Crippen molar-refractivity contribution in [2.75, 3.05) is 18.5 Å². The molecule has 9 heteroatoms. The second-order valence-electron chi connectivity index (χ2n) is 6.59. The van der Waals surface area contributed by atoms with Crippen LogP contribution in [-0.4, -0.2) is 46.2 Å². The van der Waals surface area contributed by atoms with E-state index in [4.69, 9.17) is 5.73 Å². The zero-order valence-electron chi connectivity index (χ0n) is 14.5. The Bertz CT molecular complexity index is 1140. The Morgan fingerprint density at radius 2 is 2.12 bits per heavy atom. The summed E-state index contributed by atoms with van der Waals surface area (Å²) in [7, 11) is -3.32. The van der Waals surface area contributed by atoms with Gasteiger partial charge >= 0.3 is 0 Å². The fourth-order valence-electron chi connectivity index (χ4n) is 3.43. The number of aryl methyl sites for hydroxylation is 1. The molecule has 0 bridgehead atoms. The van der Waals surface area contributed by atoms with Crippen molar-refractivity contribution < 1.29 is 13.2 Å². The molecule has 3 aromatic rings. The molecule has 4 rings (SSSR count). The summed E-state index contributed by atoms with van der Waals surface area (Å²) < 4.78 is 26.1. The third-order valence-corrected chi connectivity index (χ3v) is 5.98. The van der Waals surface area contributed by atoms with Gasteiger partial charge in [-0.1, -0.05) is 6.07 Å². The van der Waals surface area contributed by atoms with Crippen molar-refractivity contribution in [3.63, 3.8) is 0 Å². The molecule has 0 spiro atoms. The highest BCUT2D eigenvalue weighted by Crippen LogP contribution is 2.27. The number of aromatic nitrogens is 3. The maximum atomic E-state index is 13.1. The summed E-state index contributed by atoms with van der Waals surface area (Å²) >= 11 is 0. The number of nitrogen functional groups attached to an aromatic ring is 1. The number of sulfonamides is 1. The average molecular weight is 373 g/mol. The first-order valence-corrected chi connectivity index (χ1v) is 10.0. The van der Waals surface area contributed by atoms with Gasteiger partial charge in [0.25, 0.3) is 5.91 Å². The highest BCUT2D eigenvalue weighted by atomic mass is 32.2. The molecule has 2 aromatic heterocycles. The molecule has 1 aliphatic rings. The lowest BCUT2D eigenvalue weighted by molar-refractivity contribution is 0.0949. The fraction of sp³-hybridized carbons (Fsp3) is 0.294. The van der Waals surface area contributed by atoms with Crippen LogP contribution < -0.4 is 5.73 Å². The molecule has 0 aliphatic carbocycles. The summed E-state index contributed by atoms with van der Waals surface area (Å²) in [5, 5.41) is 5.14. The first kappa shape index (κ1) is 16.8. The molecule has 3 N–H and O–H groups in total. The van der Waals surface area contributed by atoms with Gasteiger partial charge in [0.1, 0.15) is 5.82 Å². The smallest absolute Gasteiger partial charge is 0.280 e. The van der Waals surface area contributed by atoms with Gasteiger partial charge in [0, 0.05) is 28.7 Å². The molecule has 26 heavy (non-hydrogen) atoms. The number of H-pyrrole nitrogens is 1. The van der Waals surface area contributed by atoms with Gasteiger partial charge in [0.05, 0.1) is 24.1 Å². The van der Waals surface area contributed by atoms with Gasteiger partial charge in [-0.2, -0.15) is 14.1 Å². The van der Waals surface area contributed by atoms with E-state index in [0.717, 1.165) is 22.2 Å². The molecule has 1 aromatic carbocycles. The number of fused-ring (bicyclic) bond motifs is 2. The topological polar surface area (TPSA) is 114 Å². The van der Waals surface area contributed by atoms with E-state index in [-0.39, 0.29) is 18.3 Å². The van der Waals surface area contributed by atoms with E-state index in [1.165, 1.54) is 15.2 Å². The highest BCUT2D eigenvalue weighted by Gasteiger charge is 2.30. The van der Waals surface area contributed by atoms with Crippen molar-refractivity contribution in [2.24, 2.45) is 0 Å². The maximum absolute atomic E-state index is 13.1. The lowest BCUT2D eigenvalue weighted by Gasteiger charge is -2.23. The van der Waals surface area contributed by atoms with Crippen molar-refractivity contribution in [3.8, 4) is 0 Å². The number of anilines is 1. The number of hydrogen-bond acceptors (Lipinski definition) is 5. The summed E-state index contributed by atoms with van der Waals surface area (Å²) in [5.74, 6) is -0.0465. The number of nitrogens with zero attached hydrogens (tertiary/aromatic N) is 3. The molecule has 0 atom stereocenters. The first-order chi connectivity index (χ1) is 12.3. The molecule has 1 aliphatic heterocycles. The summed E-state index contributed by atoms with van der Waals surface area (Å²) in [6.45, 7) is 2.39. The predicted octanol–water partition coefficient (Wildman–Crippen LogP) is 1.26. The average Bonchev–Trinajstić information content (AvgIpc) is 3.12. The number of carbonyl (C=O) groups is 1. The molecule has 8 nitrogen and oxygen atoms in total. The van der Waals surface area contributed by atoms with Crippen LogP contribution in [0.3, 0.4) is 0 Å². The van der Waals surface area contributed by atoms with Gasteiger partial charge < -0.3 is 10.7 Å². The van der Waals surface area contributed by atoms with Crippen molar-refractivity contribution in [1.82, 2.24) is 19.1 Å². The second kappa shape index (κ2) is 5.68. The molecule has 0 amide bonds. The van der Waals surface area contributed by atoms with E-state index < -0.39 is 10.0 Å². The molecule has 0 saturated carbocycles. The van der Waals surface area contributed by atoms with Crippen molar-refractivity contribution in [1.29, 1.82) is 0 Å². The van der Waals surface area contributed by atoms with E-state index in [1.807, 2.05) is 19.1 Å². The van der Waals surface area contributed by atoms with Crippen LogP contribution in [0.25, 0.3) is 10.9 Å². The van der Waals surface area contributed by atoms with E-state index in [0.29, 0.717) is 24.2 Å². The quantitative estimate of drug-likeness (QED) is 0.702. The minimum atomic E-state index is -3.32. The fourth-order valence-corrected chi connectivity index (χ4v) is 4.21. The monoisotopic (exact) mass is 373 g/mol. The SMILES string of the molecule is Cc1cc2c(C(=O)n3nc4c(c3N)CCN(S(C)(=O)=O)C4)cccc2[nH]1. The Kier molecular flexibility index (Phi) is 3.67. The van der Waals surface area contributed by atoms with Crippen molar-refractivity contribution in [3.05, 3.63) is 46.8 Å². The number of nitrogens with one attached hydrogen (secondary N) is 1. The zero-order chi connectivity index (χ0) is 18.6. The Morgan fingerprint density at radius 3 is 2.85 bits per heavy atom. The third-order valence-electron chi connectivity index (χ3n) is 4.73. The van der Waals surface area contributed by atoms with Crippen LogP contribution in [0.1, 0.15) is 27.3 Å². The minimum Gasteiger partial charge on any atom is -0.383 e. The number of nitrogens with two attached hydrogens (primary N) is 1. The van der Waals surface area contributed by atoms with E-state index in [2.05, 4.69) is 10.1 Å². The van der Waals surface area contributed by atoms with E-state index >= 15 is 0 Å². The Labute approximate surface area is 150 Å². The van der Waals surface area contributed by atoms with Crippen LogP contribution in [0.5, 0.6) is 0 Å². The van der Waals surface area contributed by atoms with Crippen LogP contribution in [0.4, 0.5) is 5.82 Å².